The lowest BCUT2D eigenvalue weighted by molar-refractivity contribution is -0.135. The van der Waals surface area contributed by atoms with E-state index in [1.54, 1.807) is 6.20 Å². The molecule has 2 aliphatic rings. The molecule has 6 heteroatoms. The number of hydrogen-bond acceptors (Lipinski definition) is 4. The van der Waals surface area contributed by atoms with E-state index in [4.69, 9.17) is 0 Å². The first-order chi connectivity index (χ1) is 13.1. The van der Waals surface area contributed by atoms with Crippen molar-refractivity contribution >= 4 is 22.5 Å². The third-order valence-electron chi connectivity index (χ3n) is 5.80. The van der Waals surface area contributed by atoms with Crippen molar-refractivity contribution in [3.05, 3.63) is 35.3 Å². The van der Waals surface area contributed by atoms with Crippen molar-refractivity contribution < 1.29 is 9.18 Å². The number of pyridine rings is 1. The summed E-state index contributed by atoms with van der Waals surface area (Å²) in [6.07, 6.45) is 5.30. The van der Waals surface area contributed by atoms with Crippen LogP contribution in [0.15, 0.2) is 18.3 Å². The summed E-state index contributed by atoms with van der Waals surface area (Å²) in [7, 11) is 0. The van der Waals surface area contributed by atoms with Crippen molar-refractivity contribution in [2.45, 2.75) is 32.6 Å². The number of piperidine rings is 1. The first kappa shape index (κ1) is 17.7. The maximum absolute atomic E-state index is 14.0. The summed E-state index contributed by atoms with van der Waals surface area (Å²) >= 11 is 0. The molecule has 3 heterocycles. The van der Waals surface area contributed by atoms with Crippen LogP contribution in [0.25, 0.3) is 10.9 Å². The first-order valence-corrected chi connectivity index (χ1v) is 9.61. The van der Waals surface area contributed by atoms with Crippen LogP contribution < -0.4 is 4.90 Å². The van der Waals surface area contributed by atoms with Gasteiger partial charge in [0.1, 0.15) is 11.9 Å². The zero-order valence-electron chi connectivity index (χ0n) is 15.5. The first-order valence-electron chi connectivity index (χ1n) is 9.61. The van der Waals surface area contributed by atoms with Gasteiger partial charge >= 0.3 is 0 Å². The van der Waals surface area contributed by atoms with Gasteiger partial charge in [0.25, 0.3) is 0 Å². The molecule has 2 fully saturated rings. The van der Waals surface area contributed by atoms with Gasteiger partial charge in [-0.1, -0.05) is 0 Å². The van der Waals surface area contributed by atoms with Gasteiger partial charge in [0.05, 0.1) is 16.8 Å². The van der Waals surface area contributed by atoms with Crippen LogP contribution in [0, 0.1) is 30.0 Å². The highest BCUT2D eigenvalue weighted by atomic mass is 19.1. The van der Waals surface area contributed by atoms with Crippen molar-refractivity contribution in [1.82, 2.24) is 9.88 Å². The lowest BCUT2D eigenvalue weighted by Crippen LogP contribution is -2.42. The molecule has 0 unspecified atom stereocenters. The zero-order chi connectivity index (χ0) is 19.0. The second-order valence-corrected chi connectivity index (χ2v) is 7.54. The van der Waals surface area contributed by atoms with E-state index >= 15 is 0 Å². The van der Waals surface area contributed by atoms with E-state index in [1.165, 1.54) is 12.1 Å². The molecule has 1 aromatic carbocycles. The normalized spacial score (nSPS) is 18.1. The number of fused-ring (bicyclic) bond motifs is 1. The molecule has 4 rings (SSSR count). The standard InChI is InChI=1S/C21H23FN4O/c1-14-10-17(22)11-18-19(14)24-13-16(12-23)20(18)25-8-4-15(5-9-25)21(27)26-6-2-3-7-26/h10-11,13,15H,2-9H2,1H3. The van der Waals surface area contributed by atoms with Crippen molar-refractivity contribution in [2.75, 3.05) is 31.1 Å². The molecule has 0 atom stereocenters. The minimum atomic E-state index is -0.322. The Labute approximate surface area is 158 Å². The fourth-order valence-electron chi connectivity index (χ4n) is 4.39. The van der Waals surface area contributed by atoms with Crippen LogP contribution in [-0.2, 0) is 4.79 Å². The van der Waals surface area contributed by atoms with Gasteiger partial charge < -0.3 is 9.80 Å². The Balaban J connectivity index is 1.62. The molecular formula is C21H23FN4O. The third kappa shape index (κ3) is 3.23. The Morgan fingerprint density at radius 2 is 1.93 bits per heavy atom. The number of likely N-dealkylation sites (tertiary alicyclic amines) is 1. The van der Waals surface area contributed by atoms with E-state index < -0.39 is 0 Å². The number of amides is 1. The van der Waals surface area contributed by atoms with Crippen molar-refractivity contribution in [3.8, 4) is 6.07 Å². The van der Waals surface area contributed by atoms with Gasteiger partial charge in [0, 0.05) is 43.7 Å². The average molecular weight is 366 g/mol. The highest BCUT2D eigenvalue weighted by Gasteiger charge is 2.31. The van der Waals surface area contributed by atoms with Crippen LogP contribution >= 0.6 is 0 Å². The number of aryl methyl sites for hydroxylation is 1. The number of carbonyl (C=O) groups excluding carboxylic acids is 1. The Morgan fingerprint density at radius 1 is 1.22 bits per heavy atom. The summed E-state index contributed by atoms with van der Waals surface area (Å²) in [6, 6.07) is 5.13. The number of anilines is 1. The molecule has 27 heavy (non-hydrogen) atoms. The lowest BCUT2D eigenvalue weighted by atomic mass is 9.94. The molecular weight excluding hydrogens is 343 g/mol. The summed E-state index contributed by atoms with van der Waals surface area (Å²) in [5.41, 5.74) is 2.68. The fourth-order valence-corrected chi connectivity index (χ4v) is 4.39. The molecule has 5 nitrogen and oxygen atoms in total. The van der Waals surface area contributed by atoms with Crippen LogP contribution in [-0.4, -0.2) is 42.0 Å². The number of rotatable bonds is 2. The Morgan fingerprint density at radius 3 is 2.59 bits per heavy atom. The Hall–Kier alpha value is -2.68. The molecule has 2 aromatic rings. The van der Waals surface area contributed by atoms with E-state index in [2.05, 4.69) is 16.0 Å². The van der Waals surface area contributed by atoms with Crippen molar-refractivity contribution in [3.63, 3.8) is 0 Å². The molecule has 0 spiro atoms. The number of nitriles is 1. The average Bonchev–Trinajstić information content (AvgIpc) is 3.21. The second kappa shape index (κ2) is 7.15. The quantitative estimate of drug-likeness (QED) is 0.817. The summed E-state index contributed by atoms with van der Waals surface area (Å²) in [4.78, 5) is 21.1. The van der Waals surface area contributed by atoms with Gasteiger partial charge in [-0.15, -0.1) is 0 Å². The molecule has 0 saturated carbocycles. The largest absolute Gasteiger partial charge is 0.370 e. The van der Waals surface area contributed by atoms with Gasteiger partial charge in [0.2, 0.25) is 5.91 Å². The van der Waals surface area contributed by atoms with Gasteiger partial charge in [-0.05, 0) is 50.3 Å². The van der Waals surface area contributed by atoms with Gasteiger partial charge in [0.15, 0.2) is 0 Å². The van der Waals surface area contributed by atoms with Crippen LogP contribution in [0.3, 0.4) is 0 Å². The molecule has 2 aliphatic heterocycles. The second-order valence-electron chi connectivity index (χ2n) is 7.54. The minimum absolute atomic E-state index is 0.0523. The number of aromatic nitrogens is 1. The van der Waals surface area contributed by atoms with Crippen molar-refractivity contribution in [1.29, 1.82) is 5.26 Å². The number of nitrogens with zero attached hydrogens (tertiary/aromatic N) is 4. The fraction of sp³-hybridized carbons (Fsp3) is 0.476. The molecule has 0 bridgehead atoms. The highest BCUT2D eigenvalue weighted by molar-refractivity contribution is 5.96. The summed E-state index contributed by atoms with van der Waals surface area (Å²) in [6.45, 7) is 4.97. The Kier molecular flexibility index (Phi) is 4.69. The molecule has 1 amide bonds. The monoisotopic (exact) mass is 366 g/mol. The minimum Gasteiger partial charge on any atom is -0.370 e. The van der Waals surface area contributed by atoms with Crippen LogP contribution in [0.2, 0.25) is 0 Å². The molecule has 0 aliphatic carbocycles. The summed E-state index contributed by atoms with van der Waals surface area (Å²) < 4.78 is 14.0. The number of hydrogen-bond donors (Lipinski definition) is 0. The number of benzene rings is 1. The molecule has 2 saturated heterocycles. The zero-order valence-corrected chi connectivity index (χ0v) is 15.5. The van der Waals surface area contributed by atoms with Crippen LogP contribution in [0.4, 0.5) is 10.1 Å². The van der Waals surface area contributed by atoms with Crippen LogP contribution in [0.1, 0.15) is 36.8 Å². The van der Waals surface area contributed by atoms with E-state index in [-0.39, 0.29) is 17.6 Å². The molecule has 1 aromatic heterocycles. The predicted molar refractivity (Wildman–Crippen MR) is 102 cm³/mol. The highest BCUT2D eigenvalue weighted by Crippen LogP contribution is 2.34. The smallest absolute Gasteiger partial charge is 0.225 e. The third-order valence-corrected chi connectivity index (χ3v) is 5.80. The number of carbonyl (C=O) groups is 1. The van der Waals surface area contributed by atoms with E-state index in [0.29, 0.717) is 24.0 Å². The van der Waals surface area contributed by atoms with Crippen LogP contribution in [0.5, 0.6) is 0 Å². The molecule has 0 N–H and O–H groups in total. The topological polar surface area (TPSA) is 60.2 Å². The predicted octanol–water partition coefficient (Wildman–Crippen LogP) is 3.39. The van der Waals surface area contributed by atoms with Gasteiger partial charge in [-0.25, -0.2) is 4.39 Å². The van der Waals surface area contributed by atoms with Gasteiger partial charge in [-0.2, -0.15) is 5.26 Å². The SMILES string of the molecule is Cc1cc(F)cc2c(N3CCC(C(=O)N4CCCC4)CC3)c(C#N)cnc12. The van der Waals surface area contributed by atoms with E-state index in [0.717, 1.165) is 55.5 Å². The Bertz CT molecular complexity index is 922. The van der Waals surface area contributed by atoms with E-state index in [1.807, 2.05) is 11.8 Å². The van der Waals surface area contributed by atoms with Gasteiger partial charge in [-0.3, -0.25) is 9.78 Å². The summed E-state index contributed by atoms with van der Waals surface area (Å²) in [5.74, 6) is 0.00262. The van der Waals surface area contributed by atoms with E-state index in [9.17, 15) is 14.4 Å². The molecule has 140 valence electrons. The maximum Gasteiger partial charge on any atom is 0.225 e. The summed E-state index contributed by atoms with van der Waals surface area (Å²) in [5, 5.41) is 10.2. The number of halogens is 1. The van der Waals surface area contributed by atoms with Crippen molar-refractivity contribution in [2.24, 2.45) is 5.92 Å². The lowest BCUT2D eigenvalue weighted by Gasteiger charge is -2.35. The molecule has 0 radical (unpaired) electrons. The maximum atomic E-state index is 14.0.